The number of nitrogens with zero attached hydrogens (tertiary/aromatic N) is 2. The van der Waals surface area contributed by atoms with Crippen LogP contribution in [0.1, 0.15) is 26.6 Å². The van der Waals surface area contributed by atoms with Crippen LogP contribution in [0, 0.1) is 0 Å². The van der Waals surface area contributed by atoms with E-state index >= 15 is 0 Å². The van der Waals surface area contributed by atoms with Gasteiger partial charge < -0.3 is 4.90 Å². The van der Waals surface area contributed by atoms with Crippen LogP contribution < -0.4 is 10.1 Å². The highest BCUT2D eigenvalue weighted by molar-refractivity contribution is 7.88. The van der Waals surface area contributed by atoms with E-state index in [1.807, 2.05) is 0 Å². The van der Waals surface area contributed by atoms with Gasteiger partial charge in [-0.25, -0.2) is 13.1 Å². The summed E-state index contributed by atoms with van der Waals surface area (Å²) in [5.41, 5.74) is 4.05. The first kappa shape index (κ1) is 10.3. The van der Waals surface area contributed by atoms with E-state index in [4.69, 9.17) is 8.22 Å². The van der Waals surface area contributed by atoms with Crippen LogP contribution in [0.3, 0.4) is 0 Å². The maximum Gasteiger partial charge on any atom is 0.215 e. The van der Waals surface area contributed by atoms with E-state index in [9.17, 15) is 8.42 Å². The Morgan fingerprint density at radius 2 is 2.05 bits per heavy atom. The minimum atomic E-state index is -3.32. The number of sulfonamides is 1. The second-order valence-electron chi connectivity index (χ2n) is 4.38. The Balaban J connectivity index is 2.45. The first-order valence-corrected chi connectivity index (χ1v) is 8.06. The second-order valence-corrected chi connectivity index (χ2v) is 6.30. The Morgan fingerprint density at radius 1 is 1.33 bits per heavy atom. The topological polar surface area (TPSA) is 73.8 Å². The molecule has 0 amide bonds. The van der Waals surface area contributed by atoms with Crippen molar-refractivity contribution in [1.82, 2.24) is 9.62 Å². The average Bonchev–Trinajstić information content (AvgIpc) is 2.53. The zero-order valence-electron chi connectivity index (χ0n) is 17.8. The molecular formula is C14H24N4O2S. The lowest BCUT2D eigenvalue weighted by atomic mass is 10.2. The molecule has 0 bridgehead atoms. The van der Waals surface area contributed by atoms with Gasteiger partial charge in [0, 0.05) is 14.4 Å². The number of unbranched alkanes of at least 4 members (excludes halogenated alkanes) is 1. The average molecular weight is 318 g/mol. The molecule has 0 radical (unpaired) electrons. The Bertz CT molecular complexity index is 703. The molecule has 1 aromatic carbocycles. The number of rotatable bonds is 9. The quantitative estimate of drug-likeness (QED) is 0.411. The Hall–Kier alpha value is -1.44. The summed E-state index contributed by atoms with van der Waals surface area (Å²) >= 11 is 0. The first-order valence-electron chi connectivity index (χ1n) is 9.40. The van der Waals surface area contributed by atoms with Crippen molar-refractivity contribution in [3.63, 3.8) is 0 Å². The van der Waals surface area contributed by atoms with E-state index in [0.717, 1.165) is 0 Å². The van der Waals surface area contributed by atoms with Crippen LogP contribution in [0.25, 0.3) is 0 Å². The molecule has 0 fully saturated rings. The summed E-state index contributed by atoms with van der Waals surface area (Å²) in [6, 6.07) is 6.69. The summed E-state index contributed by atoms with van der Waals surface area (Å²) in [7, 11) is -1.97. The first-order chi connectivity index (χ1) is 12.3. The molecule has 2 N–H and O–H groups in total. The summed E-state index contributed by atoms with van der Waals surface area (Å²) < 4.78 is 68.8. The maximum absolute atomic E-state index is 11.5. The zero-order valence-corrected chi connectivity index (χ0v) is 12.7. The minimum absolute atomic E-state index is 0.104. The van der Waals surface area contributed by atoms with Gasteiger partial charge in [0.05, 0.1) is 11.4 Å². The molecular weight excluding hydrogens is 288 g/mol. The molecule has 0 aliphatic carbocycles. The molecule has 0 saturated carbocycles. The third-order valence-corrected chi connectivity index (χ3v) is 3.96. The molecule has 0 heterocycles. The van der Waals surface area contributed by atoms with E-state index in [0.29, 0.717) is 29.0 Å². The fraction of sp³-hybridized carbons (Fsp3) is 0.500. The largest absolute Gasteiger partial charge is 0.309 e. The highest BCUT2D eigenvalue weighted by atomic mass is 32.2. The summed E-state index contributed by atoms with van der Waals surface area (Å²) in [5, 5.41) is 3.98. The van der Waals surface area contributed by atoms with Crippen molar-refractivity contribution in [1.29, 1.82) is 0 Å². The second kappa shape index (κ2) is 8.76. The van der Waals surface area contributed by atoms with E-state index in [-0.39, 0.29) is 12.3 Å². The minimum Gasteiger partial charge on any atom is -0.309 e. The fourth-order valence-corrected chi connectivity index (χ4v) is 2.27. The molecule has 1 aromatic rings. The van der Waals surface area contributed by atoms with Gasteiger partial charge in [-0.2, -0.15) is 5.10 Å². The van der Waals surface area contributed by atoms with Crippen LogP contribution in [0.4, 0.5) is 5.69 Å². The summed E-state index contributed by atoms with van der Waals surface area (Å²) in [6.45, 7) is -5.46. The molecule has 7 heteroatoms. The number of hydrogen-bond acceptors (Lipinski definition) is 5. The molecule has 21 heavy (non-hydrogen) atoms. The smallest absolute Gasteiger partial charge is 0.215 e. The molecule has 118 valence electrons. The van der Waals surface area contributed by atoms with Crippen LogP contribution in [0.5, 0.6) is 0 Å². The van der Waals surface area contributed by atoms with Crippen molar-refractivity contribution in [2.75, 3.05) is 33.0 Å². The summed E-state index contributed by atoms with van der Waals surface area (Å²) in [5.74, 6) is -0.115. The van der Waals surface area contributed by atoms with Crippen molar-refractivity contribution in [2.24, 2.45) is 5.10 Å². The predicted molar refractivity (Wildman–Crippen MR) is 88.0 cm³/mol. The number of hydrazone groups is 1. The van der Waals surface area contributed by atoms with E-state index < -0.39 is 24.0 Å². The molecule has 6 nitrogen and oxygen atoms in total. The lowest BCUT2D eigenvalue weighted by Crippen LogP contribution is -2.20. The van der Waals surface area contributed by atoms with Crippen molar-refractivity contribution >= 4 is 21.9 Å². The van der Waals surface area contributed by atoms with Crippen LogP contribution in [-0.2, 0) is 15.8 Å². The number of hydrogen-bond donors (Lipinski definition) is 2. The molecule has 0 atom stereocenters. The van der Waals surface area contributed by atoms with Gasteiger partial charge in [0.2, 0.25) is 10.0 Å². The lowest BCUT2D eigenvalue weighted by Gasteiger charge is -2.06. The standard InChI is InChI=1S/C14H24N4O2S/c1-15-21(19,20)12-13-6-8-14(9-7-13)17-16-10-4-5-11-18(2)3/h6-10,15,17H,4-5,11-12H2,1-3H3/i2D3,3D3. The van der Waals surface area contributed by atoms with Gasteiger partial charge in [0.25, 0.3) is 0 Å². The molecule has 0 aliphatic rings. The monoisotopic (exact) mass is 318 g/mol. The van der Waals surface area contributed by atoms with Gasteiger partial charge in [-0.05, 0) is 58.1 Å². The molecule has 1 rings (SSSR count). The third-order valence-electron chi connectivity index (χ3n) is 2.62. The number of nitrogens with one attached hydrogen (secondary N) is 2. The van der Waals surface area contributed by atoms with Crippen molar-refractivity contribution < 1.29 is 16.6 Å². The summed E-state index contributed by atoms with van der Waals surface area (Å²) in [4.78, 5) is 0.513. The predicted octanol–water partition coefficient (Wildman–Crippen LogP) is 1.48. The molecule has 0 aliphatic heterocycles. The van der Waals surface area contributed by atoms with Crippen LogP contribution in [0.2, 0.25) is 0 Å². The molecule has 0 unspecified atom stereocenters. The Kier molecular flexibility index (Phi) is 4.30. The van der Waals surface area contributed by atoms with Crippen LogP contribution in [0.15, 0.2) is 29.4 Å². The van der Waals surface area contributed by atoms with Crippen molar-refractivity contribution in [2.45, 2.75) is 18.6 Å². The zero-order chi connectivity index (χ0) is 20.7. The fourth-order valence-electron chi connectivity index (χ4n) is 1.49. The van der Waals surface area contributed by atoms with Crippen molar-refractivity contribution in [3.8, 4) is 0 Å². The molecule has 0 spiro atoms. The van der Waals surface area contributed by atoms with E-state index in [1.54, 1.807) is 24.3 Å². The van der Waals surface area contributed by atoms with Crippen LogP contribution >= 0.6 is 0 Å². The molecule has 0 saturated heterocycles. The highest BCUT2D eigenvalue weighted by Gasteiger charge is 2.07. The normalized spacial score (nSPS) is 17.6. The lowest BCUT2D eigenvalue weighted by molar-refractivity contribution is 0.404. The van der Waals surface area contributed by atoms with Gasteiger partial charge >= 0.3 is 0 Å². The van der Waals surface area contributed by atoms with Gasteiger partial charge in [-0.3, -0.25) is 5.43 Å². The van der Waals surface area contributed by atoms with E-state index in [2.05, 4.69) is 15.2 Å². The maximum atomic E-state index is 11.5. The van der Waals surface area contributed by atoms with Gasteiger partial charge in [0.1, 0.15) is 0 Å². The number of anilines is 1. The number of benzene rings is 1. The summed E-state index contributed by atoms with van der Waals surface area (Å²) in [6.07, 6.45) is 2.24. The Labute approximate surface area is 135 Å². The third kappa shape index (κ3) is 7.79. The SMILES string of the molecule is [2H]C([2H])([2H])N(CCCC=NNc1ccc(CS(=O)(=O)NC)cc1)C([2H])([2H])[2H]. The van der Waals surface area contributed by atoms with Gasteiger partial charge in [-0.1, -0.05) is 12.1 Å². The molecule has 0 aromatic heterocycles. The van der Waals surface area contributed by atoms with E-state index in [1.165, 1.54) is 13.3 Å². The van der Waals surface area contributed by atoms with Crippen LogP contribution in [-0.4, -0.2) is 47.1 Å². The Morgan fingerprint density at radius 3 is 2.67 bits per heavy atom. The van der Waals surface area contributed by atoms with Gasteiger partial charge in [0.15, 0.2) is 0 Å². The highest BCUT2D eigenvalue weighted by Crippen LogP contribution is 2.11. The van der Waals surface area contributed by atoms with Gasteiger partial charge in [-0.15, -0.1) is 0 Å². The van der Waals surface area contributed by atoms with Crippen molar-refractivity contribution in [3.05, 3.63) is 29.8 Å².